The Bertz CT molecular complexity index is 291. The number of hydrogen-bond donors (Lipinski definition) is 3. The second-order valence-corrected chi connectivity index (χ2v) is 3.70. The topological polar surface area (TPSA) is 79.5 Å². The molecule has 98 valence electrons. The first-order valence-electron chi connectivity index (χ1n) is 5.88. The van der Waals surface area contributed by atoms with Crippen molar-refractivity contribution in [1.82, 2.24) is 15.1 Å². The highest BCUT2D eigenvalue weighted by atomic mass is 16.5. The van der Waals surface area contributed by atoms with Crippen molar-refractivity contribution in [3.8, 4) is 0 Å². The average molecular weight is 243 g/mol. The molecule has 0 radical (unpaired) electrons. The maximum Gasteiger partial charge on any atom is 0.0697 e. The molecule has 0 aliphatic carbocycles. The predicted molar refractivity (Wildman–Crippen MR) is 63.5 cm³/mol. The van der Waals surface area contributed by atoms with Crippen LogP contribution in [0.2, 0.25) is 0 Å². The molecule has 0 saturated heterocycles. The summed E-state index contributed by atoms with van der Waals surface area (Å²) >= 11 is 0. The van der Waals surface area contributed by atoms with Crippen molar-refractivity contribution < 1.29 is 14.9 Å². The summed E-state index contributed by atoms with van der Waals surface area (Å²) in [5.41, 5.74) is 1.11. The first-order valence-corrected chi connectivity index (χ1v) is 5.88. The highest BCUT2D eigenvalue weighted by molar-refractivity contribution is 5.03. The molecule has 0 aliphatic rings. The second-order valence-electron chi connectivity index (χ2n) is 3.70. The van der Waals surface area contributed by atoms with Crippen molar-refractivity contribution in [3.63, 3.8) is 0 Å². The number of ether oxygens (including phenoxy) is 1. The van der Waals surface area contributed by atoms with E-state index in [4.69, 9.17) is 14.9 Å². The molecular weight excluding hydrogens is 222 g/mol. The zero-order valence-corrected chi connectivity index (χ0v) is 10.0. The van der Waals surface area contributed by atoms with Crippen LogP contribution in [-0.2, 0) is 17.8 Å². The van der Waals surface area contributed by atoms with Crippen molar-refractivity contribution in [1.29, 1.82) is 0 Å². The van der Waals surface area contributed by atoms with Gasteiger partial charge in [-0.1, -0.05) is 0 Å². The van der Waals surface area contributed by atoms with Crippen molar-refractivity contribution in [2.75, 3.05) is 33.0 Å². The highest BCUT2D eigenvalue weighted by Gasteiger charge is 1.97. The molecule has 1 heterocycles. The molecule has 6 nitrogen and oxygen atoms in total. The fraction of sp³-hybridized carbons (Fsp3) is 0.727. The summed E-state index contributed by atoms with van der Waals surface area (Å²) in [5, 5.41) is 24.6. The molecule has 1 aromatic rings. The van der Waals surface area contributed by atoms with Gasteiger partial charge >= 0.3 is 0 Å². The molecular formula is C11H21N3O3. The SMILES string of the molecule is OCCOCCCNCc1cnn(CCO)c1. The summed E-state index contributed by atoms with van der Waals surface area (Å²) in [5.74, 6) is 0. The lowest BCUT2D eigenvalue weighted by molar-refractivity contribution is 0.0907. The van der Waals surface area contributed by atoms with Crippen molar-refractivity contribution >= 4 is 0 Å². The van der Waals surface area contributed by atoms with Crippen LogP contribution in [0.15, 0.2) is 12.4 Å². The summed E-state index contributed by atoms with van der Waals surface area (Å²) in [4.78, 5) is 0. The molecule has 0 amide bonds. The van der Waals surface area contributed by atoms with Crippen molar-refractivity contribution in [2.24, 2.45) is 0 Å². The van der Waals surface area contributed by atoms with Gasteiger partial charge < -0.3 is 20.3 Å². The van der Waals surface area contributed by atoms with Crippen LogP contribution in [0.3, 0.4) is 0 Å². The fourth-order valence-electron chi connectivity index (χ4n) is 1.42. The van der Waals surface area contributed by atoms with Gasteiger partial charge in [0.25, 0.3) is 0 Å². The molecule has 0 fully saturated rings. The van der Waals surface area contributed by atoms with Gasteiger partial charge in [0.1, 0.15) is 0 Å². The van der Waals surface area contributed by atoms with Gasteiger partial charge in [-0.2, -0.15) is 5.10 Å². The lowest BCUT2D eigenvalue weighted by atomic mass is 10.3. The lowest BCUT2D eigenvalue weighted by Gasteiger charge is -2.03. The van der Waals surface area contributed by atoms with Crippen LogP contribution in [0.5, 0.6) is 0 Å². The molecule has 0 aromatic carbocycles. The molecule has 1 aromatic heterocycles. The van der Waals surface area contributed by atoms with E-state index in [1.165, 1.54) is 0 Å². The summed E-state index contributed by atoms with van der Waals surface area (Å²) in [6.07, 6.45) is 4.64. The minimum Gasteiger partial charge on any atom is -0.394 e. The molecule has 3 N–H and O–H groups in total. The van der Waals surface area contributed by atoms with Crippen LogP contribution in [0.1, 0.15) is 12.0 Å². The largest absolute Gasteiger partial charge is 0.394 e. The van der Waals surface area contributed by atoms with Gasteiger partial charge in [-0.05, 0) is 13.0 Å². The quantitative estimate of drug-likeness (QED) is 0.477. The number of hydrogen-bond acceptors (Lipinski definition) is 5. The first kappa shape index (κ1) is 14.1. The standard InChI is InChI=1S/C11H21N3O3/c15-4-3-14-10-11(9-13-14)8-12-2-1-6-17-7-5-16/h9-10,12,15-16H,1-8H2. The Morgan fingerprint density at radius 2 is 2.18 bits per heavy atom. The Kier molecular flexibility index (Phi) is 7.57. The number of aromatic nitrogens is 2. The van der Waals surface area contributed by atoms with Crippen LogP contribution < -0.4 is 5.32 Å². The average Bonchev–Trinajstić information content (AvgIpc) is 2.76. The number of aliphatic hydroxyl groups is 2. The summed E-state index contributed by atoms with van der Waals surface area (Å²) in [6.45, 7) is 3.44. The van der Waals surface area contributed by atoms with Crippen LogP contribution in [-0.4, -0.2) is 53.0 Å². The molecule has 0 aliphatic heterocycles. The minimum absolute atomic E-state index is 0.0808. The maximum atomic E-state index is 8.74. The lowest BCUT2D eigenvalue weighted by Crippen LogP contribution is -2.16. The second kappa shape index (κ2) is 9.12. The van der Waals surface area contributed by atoms with Crippen LogP contribution in [0.25, 0.3) is 0 Å². The van der Waals surface area contributed by atoms with Crippen LogP contribution in [0, 0.1) is 0 Å². The highest BCUT2D eigenvalue weighted by Crippen LogP contribution is 1.96. The molecule has 0 spiro atoms. The van der Waals surface area contributed by atoms with Crippen LogP contribution in [0.4, 0.5) is 0 Å². The third-order valence-electron chi connectivity index (χ3n) is 2.22. The molecule has 0 unspecified atom stereocenters. The number of aliphatic hydroxyl groups excluding tert-OH is 2. The van der Waals surface area contributed by atoms with E-state index in [9.17, 15) is 0 Å². The zero-order valence-electron chi connectivity index (χ0n) is 10.0. The molecule has 0 saturated carbocycles. The van der Waals surface area contributed by atoms with E-state index in [0.29, 0.717) is 19.8 Å². The van der Waals surface area contributed by atoms with Crippen molar-refractivity contribution in [3.05, 3.63) is 18.0 Å². The zero-order chi connectivity index (χ0) is 12.3. The number of nitrogens with one attached hydrogen (secondary N) is 1. The third-order valence-corrected chi connectivity index (χ3v) is 2.22. The minimum atomic E-state index is 0.0808. The third kappa shape index (κ3) is 6.38. The first-order chi connectivity index (χ1) is 8.36. The fourth-order valence-corrected chi connectivity index (χ4v) is 1.42. The predicted octanol–water partition coefficient (Wildman–Crippen LogP) is -0.636. The van der Waals surface area contributed by atoms with Gasteiger partial charge in [-0.25, -0.2) is 0 Å². The van der Waals surface area contributed by atoms with Crippen LogP contribution >= 0.6 is 0 Å². The van der Waals surface area contributed by atoms with Gasteiger partial charge in [0, 0.05) is 24.9 Å². The van der Waals surface area contributed by atoms with Gasteiger partial charge in [-0.3, -0.25) is 4.68 Å². The van der Waals surface area contributed by atoms with E-state index in [0.717, 1.165) is 25.1 Å². The van der Waals surface area contributed by atoms with Crippen molar-refractivity contribution in [2.45, 2.75) is 19.5 Å². The Balaban J connectivity index is 2.01. The molecule has 0 atom stereocenters. The number of nitrogens with zero attached hydrogens (tertiary/aromatic N) is 2. The summed E-state index contributed by atoms with van der Waals surface area (Å²) < 4.78 is 6.86. The normalized spacial score (nSPS) is 10.9. The molecule has 17 heavy (non-hydrogen) atoms. The maximum absolute atomic E-state index is 8.74. The molecule has 1 rings (SSSR count). The van der Waals surface area contributed by atoms with Gasteiger partial charge in [0.2, 0.25) is 0 Å². The molecule has 0 bridgehead atoms. The van der Waals surface area contributed by atoms with E-state index in [-0.39, 0.29) is 13.2 Å². The Labute approximate surface area is 101 Å². The van der Waals surface area contributed by atoms with E-state index in [1.807, 2.05) is 6.20 Å². The Morgan fingerprint density at radius 1 is 1.29 bits per heavy atom. The van der Waals surface area contributed by atoms with E-state index in [2.05, 4.69) is 10.4 Å². The van der Waals surface area contributed by atoms with Gasteiger partial charge in [0.05, 0.1) is 32.6 Å². The van der Waals surface area contributed by atoms with Gasteiger partial charge in [0.15, 0.2) is 0 Å². The number of rotatable bonds is 10. The smallest absolute Gasteiger partial charge is 0.0697 e. The van der Waals surface area contributed by atoms with Gasteiger partial charge in [-0.15, -0.1) is 0 Å². The van der Waals surface area contributed by atoms with E-state index in [1.54, 1.807) is 10.9 Å². The van der Waals surface area contributed by atoms with E-state index >= 15 is 0 Å². The summed E-state index contributed by atoms with van der Waals surface area (Å²) in [7, 11) is 0. The monoisotopic (exact) mass is 243 g/mol. The van der Waals surface area contributed by atoms with E-state index < -0.39 is 0 Å². The Morgan fingerprint density at radius 3 is 2.94 bits per heavy atom. The summed E-state index contributed by atoms with van der Waals surface area (Å²) in [6, 6.07) is 0. The Hall–Kier alpha value is -0.950. The molecule has 6 heteroatoms.